The molecule has 7 nitrogen and oxygen atoms in total. The molecular formula is C22H25F3N4O3S2. The van der Waals surface area contributed by atoms with E-state index in [0.29, 0.717) is 12.1 Å². The topological polar surface area (TPSA) is 95.7 Å². The largest absolute Gasteiger partial charge is 0.416 e. The van der Waals surface area contributed by atoms with E-state index in [1.165, 1.54) is 4.90 Å². The molecular weight excluding hydrogens is 489 g/mol. The van der Waals surface area contributed by atoms with Crippen LogP contribution in [0.3, 0.4) is 0 Å². The summed E-state index contributed by atoms with van der Waals surface area (Å²) in [6, 6.07) is 9.65. The van der Waals surface area contributed by atoms with Gasteiger partial charge in [0.25, 0.3) is 0 Å². The molecule has 1 aliphatic heterocycles. The van der Waals surface area contributed by atoms with Gasteiger partial charge in [-0.25, -0.2) is 8.42 Å². The Bertz CT molecular complexity index is 1140. The van der Waals surface area contributed by atoms with Gasteiger partial charge in [0.1, 0.15) is 6.04 Å². The van der Waals surface area contributed by atoms with Gasteiger partial charge in [-0.15, -0.1) is 0 Å². The van der Waals surface area contributed by atoms with Crippen molar-refractivity contribution < 1.29 is 26.4 Å². The van der Waals surface area contributed by atoms with Gasteiger partial charge in [-0.2, -0.15) is 17.5 Å². The van der Waals surface area contributed by atoms with Gasteiger partial charge in [-0.05, 0) is 54.0 Å². The van der Waals surface area contributed by atoms with Crippen molar-refractivity contribution in [2.75, 3.05) is 19.6 Å². The van der Waals surface area contributed by atoms with E-state index in [4.69, 9.17) is 18.0 Å². The lowest BCUT2D eigenvalue weighted by Crippen LogP contribution is -2.62. The summed E-state index contributed by atoms with van der Waals surface area (Å²) in [5, 5.41) is 2.77. The number of benzene rings is 2. The number of halogens is 3. The number of hydrogen-bond acceptors (Lipinski definition) is 4. The summed E-state index contributed by atoms with van der Waals surface area (Å²) in [6.45, 7) is 2.18. The first kappa shape index (κ1) is 25.9. The van der Waals surface area contributed by atoms with Crippen LogP contribution in [0.2, 0.25) is 0 Å². The number of alkyl halides is 3. The number of nitrogens with one attached hydrogen (secondary N) is 1. The molecule has 0 unspecified atom stereocenters. The second kappa shape index (κ2) is 10.3. The Hall–Kier alpha value is -2.70. The van der Waals surface area contributed by atoms with E-state index in [0.717, 1.165) is 34.0 Å². The standard InChI is InChI=1S/C22H25F3N4O3S2/c1-2-15-3-5-16(6-4-15)13-27-20(30)19-14-28(21(26)33)11-12-29(19)34(31,32)18-9-7-17(8-10-18)22(23,24)25/h3-10,19H,2,11-14H2,1H3,(H2,26,33)(H,27,30)/t19-/m1/s1. The van der Waals surface area contributed by atoms with Gasteiger partial charge in [0.15, 0.2) is 5.11 Å². The number of carbonyl (C=O) groups excluding carboxylic acids is 1. The van der Waals surface area contributed by atoms with Gasteiger partial charge in [-0.1, -0.05) is 31.2 Å². The number of rotatable bonds is 6. The van der Waals surface area contributed by atoms with Gasteiger partial charge < -0.3 is 16.0 Å². The van der Waals surface area contributed by atoms with E-state index >= 15 is 0 Å². The first-order valence-corrected chi connectivity index (χ1v) is 12.4. The molecule has 34 heavy (non-hydrogen) atoms. The van der Waals surface area contributed by atoms with Crippen molar-refractivity contribution in [2.24, 2.45) is 5.73 Å². The summed E-state index contributed by atoms with van der Waals surface area (Å²) in [6.07, 6.45) is -3.72. The fourth-order valence-corrected chi connectivity index (χ4v) is 5.35. The molecule has 184 valence electrons. The molecule has 3 rings (SSSR count). The number of thiocarbonyl (C=S) groups is 1. The highest BCUT2D eigenvalue weighted by Gasteiger charge is 2.41. The number of nitrogens with two attached hydrogens (primary N) is 1. The molecule has 1 aliphatic rings. The first-order valence-electron chi connectivity index (χ1n) is 10.5. The van der Waals surface area contributed by atoms with E-state index in [9.17, 15) is 26.4 Å². The third-order valence-corrected chi connectivity index (χ3v) is 7.81. The average molecular weight is 515 g/mol. The van der Waals surface area contributed by atoms with Crippen molar-refractivity contribution in [1.29, 1.82) is 0 Å². The molecule has 1 amide bonds. The molecule has 1 heterocycles. The average Bonchev–Trinajstić information content (AvgIpc) is 2.82. The summed E-state index contributed by atoms with van der Waals surface area (Å²) in [5.74, 6) is -0.559. The fraction of sp³-hybridized carbons (Fsp3) is 0.364. The summed E-state index contributed by atoms with van der Waals surface area (Å²) in [7, 11) is -4.27. The molecule has 2 aromatic rings. The van der Waals surface area contributed by atoms with Gasteiger partial charge >= 0.3 is 6.18 Å². The number of amides is 1. The number of carbonyl (C=O) groups is 1. The first-order chi connectivity index (χ1) is 15.9. The van der Waals surface area contributed by atoms with E-state index in [2.05, 4.69) is 5.32 Å². The van der Waals surface area contributed by atoms with Gasteiger partial charge in [0, 0.05) is 26.2 Å². The third kappa shape index (κ3) is 5.86. The normalized spacial score (nSPS) is 17.4. The molecule has 1 fully saturated rings. The van der Waals surface area contributed by atoms with E-state index in [-0.39, 0.29) is 36.2 Å². The number of piperazine rings is 1. The number of hydrogen-bond donors (Lipinski definition) is 2. The molecule has 1 atom stereocenters. The van der Waals surface area contributed by atoms with Crippen molar-refractivity contribution in [3.05, 3.63) is 65.2 Å². The molecule has 0 saturated carbocycles. The summed E-state index contributed by atoms with van der Waals surface area (Å²) in [4.78, 5) is 14.2. The minimum atomic E-state index is -4.59. The summed E-state index contributed by atoms with van der Waals surface area (Å²) < 4.78 is 66.2. The van der Waals surface area contributed by atoms with Crippen LogP contribution in [0.25, 0.3) is 0 Å². The van der Waals surface area contributed by atoms with E-state index in [1.807, 2.05) is 31.2 Å². The molecule has 0 aliphatic carbocycles. The van der Waals surface area contributed by atoms with Crippen LogP contribution in [0, 0.1) is 0 Å². The third-order valence-electron chi connectivity index (χ3n) is 5.63. The van der Waals surface area contributed by atoms with Crippen LogP contribution < -0.4 is 11.1 Å². The SMILES string of the molecule is CCc1ccc(CNC(=O)[C@H]2CN(C(N)=S)CCN2S(=O)(=O)c2ccc(C(F)(F)F)cc2)cc1. The van der Waals surface area contributed by atoms with Crippen molar-refractivity contribution >= 4 is 33.3 Å². The zero-order valence-electron chi connectivity index (χ0n) is 18.4. The fourth-order valence-electron chi connectivity index (χ4n) is 3.62. The quantitative estimate of drug-likeness (QED) is 0.576. The van der Waals surface area contributed by atoms with Gasteiger partial charge in [0.05, 0.1) is 10.5 Å². The van der Waals surface area contributed by atoms with Crippen LogP contribution in [-0.2, 0) is 34.0 Å². The predicted octanol–water partition coefficient (Wildman–Crippen LogP) is 2.50. The van der Waals surface area contributed by atoms with Crippen LogP contribution in [-0.4, -0.2) is 54.3 Å². The monoisotopic (exact) mass is 514 g/mol. The molecule has 12 heteroatoms. The number of sulfonamides is 1. The Balaban J connectivity index is 1.83. The Morgan fingerprint density at radius 2 is 1.68 bits per heavy atom. The maximum atomic E-state index is 13.3. The molecule has 0 aromatic heterocycles. The highest BCUT2D eigenvalue weighted by Crippen LogP contribution is 2.31. The van der Waals surface area contributed by atoms with E-state index < -0.39 is 33.7 Å². The maximum Gasteiger partial charge on any atom is 0.416 e. The molecule has 1 saturated heterocycles. The minimum Gasteiger partial charge on any atom is -0.376 e. The summed E-state index contributed by atoms with van der Waals surface area (Å²) >= 11 is 4.99. The lowest BCUT2D eigenvalue weighted by atomic mass is 10.1. The Labute approximate surface area is 201 Å². The lowest BCUT2D eigenvalue weighted by Gasteiger charge is -2.39. The van der Waals surface area contributed by atoms with Crippen LogP contribution in [0.4, 0.5) is 13.2 Å². The van der Waals surface area contributed by atoms with Crippen molar-refractivity contribution in [3.8, 4) is 0 Å². The Morgan fingerprint density at radius 1 is 1.09 bits per heavy atom. The molecule has 2 aromatic carbocycles. The van der Waals surface area contributed by atoms with Crippen molar-refractivity contribution in [2.45, 2.75) is 37.0 Å². The van der Waals surface area contributed by atoms with E-state index in [1.54, 1.807) is 0 Å². The van der Waals surface area contributed by atoms with Crippen LogP contribution in [0.15, 0.2) is 53.4 Å². The zero-order chi connectivity index (χ0) is 25.1. The van der Waals surface area contributed by atoms with Crippen LogP contribution >= 0.6 is 12.2 Å². The maximum absolute atomic E-state index is 13.3. The lowest BCUT2D eigenvalue weighted by molar-refractivity contribution is -0.137. The zero-order valence-corrected chi connectivity index (χ0v) is 20.0. The van der Waals surface area contributed by atoms with Gasteiger partial charge in [-0.3, -0.25) is 4.79 Å². The summed E-state index contributed by atoms with van der Waals surface area (Å²) in [5.41, 5.74) is 6.71. The highest BCUT2D eigenvalue weighted by molar-refractivity contribution is 7.89. The predicted molar refractivity (Wildman–Crippen MR) is 125 cm³/mol. The number of aryl methyl sites for hydroxylation is 1. The molecule has 0 bridgehead atoms. The molecule has 0 spiro atoms. The second-order valence-corrected chi connectivity index (χ2v) is 10.1. The second-order valence-electron chi connectivity index (χ2n) is 7.83. The minimum absolute atomic E-state index is 0.0273. The molecule has 0 radical (unpaired) electrons. The van der Waals surface area contributed by atoms with Crippen LogP contribution in [0.1, 0.15) is 23.6 Å². The van der Waals surface area contributed by atoms with Crippen LogP contribution in [0.5, 0.6) is 0 Å². The Kier molecular flexibility index (Phi) is 7.84. The smallest absolute Gasteiger partial charge is 0.376 e. The number of nitrogens with zero attached hydrogens (tertiary/aromatic N) is 2. The van der Waals surface area contributed by atoms with Gasteiger partial charge in [0.2, 0.25) is 15.9 Å². The molecule has 3 N–H and O–H groups in total. The van der Waals surface area contributed by atoms with Crippen molar-refractivity contribution in [3.63, 3.8) is 0 Å². The Morgan fingerprint density at radius 3 is 2.21 bits per heavy atom. The highest BCUT2D eigenvalue weighted by atomic mass is 32.2. The van der Waals surface area contributed by atoms with Crippen molar-refractivity contribution in [1.82, 2.24) is 14.5 Å².